The molecular formula is C28H34N2O5. The van der Waals surface area contributed by atoms with Crippen LogP contribution in [0, 0.1) is 5.92 Å². The summed E-state index contributed by atoms with van der Waals surface area (Å²) in [7, 11) is 0. The van der Waals surface area contributed by atoms with E-state index < -0.39 is 18.1 Å². The maximum absolute atomic E-state index is 13.2. The minimum absolute atomic E-state index is 0.0365. The van der Waals surface area contributed by atoms with Crippen molar-refractivity contribution >= 4 is 18.0 Å². The topological polar surface area (TPSA) is 95.9 Å². The van der Waals surface area contributed by atoms with Gasteiger partial charge in [0.15, 0.2) is 0 Å². The van der Waals surface area contributed by atoms with E-state index in [0.29, 0.717) is 25.9 Å². The highest BCUT2D eigenvalue weighted by Gasteiger charge is 2.32. The van der Waals surface area contributed by atoms with Gasteiger partial charge in [0.25, 0.3) is 0 Å². The van der Waals surface area contributed by atoms with Gasteiger partial charge in [0.1, 0.15) is 12.6 Å². The van der Waals surface area contributed by atoms with Gasteiger partial charge in [0, 0.05) is 25.4 Å². The minimum Gasteiger partial charge on any atom is -0.481 e. The lowest BCUT2D eigenvalue weighted by atomic mass is 9.93. The van der Waals surface area contributed by atoms with Crippen LogP contribution < -0.4 is 5.32 Å². The fourth-order valence-electron chi connectivity index (χ4n) is 5.38. The second kappa shape index (κ2) is 11.4. The number of aliphatic carboxylic acids is 1. The van der Waals surface area contributed by atoms with Crippen molar-refractivity contribution in [2.45, 2.75) is 57.4 Å². The van der Waals surface area contributed by atoms with Gasteiger partial charge in [-0.2, -0.15) is 0 Å². The van der Waals surface area contributed by atoms with Crippen LogP contribution in [0.1, 0.15) is 62.5 Å². The molecule has 1 fully saturated rings. The molecular weight excluding hydrogens is 444 g/mol. The molecule has 0 radical (unpaired) electrons. The molecule has 4 rings (SSSR count). The van der Waals surface area contributed by atoms with E-state index in [4.69, 9.17) is 9.84 Å². The quantitative estimate of drug-likeness (QED) is 0.540. The first kappa shape index (κ1) is 24.8. The van der Waals surface area contributed by atoms with Crippen LogP contribution in [-0.2, 0) is 14.3 Å². The summed E-state index contributed by atoms with van der Waals surface area (Å²) < 4.78 is 5.65. The Morgan fingerprint density at radius 1 is 1.09 bits per heavy atom. The standard InChI is InChI=1S/C28H34N2O5/c1-2-8-25(27(33)30-16-7-9-19(17-30)14-15-26(31)32)29-28(34)35-18-24-22-12-5-3-10-20(22)21-11-4-6-13-23(21)24/h3-6,10-13,19,24-25H,2,7-9,14-18H2,1H3,(H,29,34)(H,31,32)/t19?,25-/m0/s1. The summed E-state index contributed by atoms with van der Waals surface area (Å²) in [4.78, 5) is 38.7. The summed E-state index contributed by atoms with van der Waals surface area (Å²) in [5.41, 5.74) is 4.62. The van der Waals surface area contributed by atoms with Gasteiger partial charge >= 0.3 is 12.1 Å². The number of hydrogen-bond acceptors (Lipinski definition) is 4. The third-order valence-electron chi connectivity index (χ3n) is 7.11. The van der Waals surface area contributed by atoms with E-state index in [0.717, 1.165) is 30.4 Å². The molecule has 2 N–H and O–H groups in total. The van der Waals surface area contributed by atoms with Crippen molar-refractivity contribution in [3.05, 3.63) is 59.7 Å². The maximum Gasteiger partial charge on any atom is 0.407 e. The lowest BCUT2D eigenvalue weighted by Gasteiger charge is -2.35. The summed E-state index contributed by atoms with van der Waals surface area (Å²) in [5.74, 6) is -0.777. The van der Waals surface area contributed by atoms with Gasteiger partial charge in [-0.1, -0.05) is 61.9 Å². The molecule has 2 aromatic carbocycles. The molecule has 7 nitrogen and oxygen atoms in total. The first-order valence-corrected chi connectivity index (χ1v) is 12.6. The number of alkyl carbamates (subject to hydrolysis) is 1. The molecule has 0 aromatic heterocycles. The Morgan fingerprint density at radius 2 is 1.74 bits per heavy atom. The van der Waals surface area contributed by atoms with Gasteiger partial charge in [-0.05, 0) is 53.9 Å². The lowest BCUT2D eigenvalue weighted by Crippen LogP contribution is -2.51. The number of ether oxygens (including phenoxy) is 1. The van der Waals surface area contributed by atoms with Crippen molar-refractivity contribution in [2.24, 2.45) is 5.92 Å². The molecule has 0 spiro atoms. The molecule has 2 atom stereocenters. The Balaban J connectivity index is 1.36. The SMILES string of the molecule is CCC[C@H](NC(=O)OCC1c2ccccc2-c2ccccc21)C(=O)N1CCCC(CCC(=O)O)C1. The second-order valence-corrected chi connectivity index (χ2v) is 9.54. The zero-order valence-electron chi connectivity index (χ0n) is 20.2. The van der Waals surface area contributed by atoms with E-state index in [-0.39, 0.29) is 30.8 Å². The number of nitrogens with one attached hydrogen (secondary N) is 1. The molecule has 1 aliphatic carbocycles. The van der Waals surface area contributed by atoms with Crippen LogP contribution in [0.2, 0.25) is 0 Å². The summed E-state index contributed by atoms with van der Waals surface area (Å²) in [6.07, 6.45) is 3.14. The van der Waals surface area contributed by atoms with E-state index in [2.05, 4.69) is 29.6 Å². The summed E-state index contributed by atoms with van der Waals surface area (Å²) in [5, 5.41) is 11.8. The van der Waals surface area contributed by atoms with Crippen LogP contribution in [-0.4, -0.2) is 53.7 Å². The molecule has 35 heavy (non-hydrogen) atoms. The van der Waals surface area contributed by atoms with Crippen LogP contribution in [0.25, 0.3) is 11.1 Å². The van der Waals surface area contributed by atoms with Crippen molar-refractivity contribution in [3.8, 4) is 11.1 Å². The number of likely N-dealkylation sites (tertiary alicyclic amines) is 1. The van der Waals surface area contributed by atoms with Crippen molar-refractivity contribution in [1.29, 1.82) is 0 Å². The van der Waals surface area contributed by atoms with Gasteiger partial charge in [0.05, 0.1) is 0 Å². The average molecular weight is 479 g/mol. The Bertz CT molecular complexity index is 1020. The molecule has 1 saturated heterocycles. The molecule has 186 valence electrons. The number of nitrogens with zero attached hydrogens (tertiary/aromatic N) is 1. The third kappa shape index (κ3) is 5.84. The maximum atomic E-state index is 13.2. The van der Waals surface area contributed by atoms with Crippen LogP contribution in [0.3, 0.4) is 0 Å². The number of fused-ring (bicyclic) bond motifs is 3. The summed E-state index contributed by atoms with van der Waals surface area (Å²) in [6.45, 7) is 3.35. The van der Waals surface area contributed by atoms with E-state index in [1.54, 1.807) is 4.90 Å². The first-order valence-electron chi connectivity index (χ1n) is 12.6. The number of carboxylic acids is 1. The fraction of sp³-hybridized carbons (Fsp3) is 0.464. The molecule has 7 heteroatoms. The number of rotatable bonds is 9. The van der Waals surface area contributed by atoms with Crippen LogP contribution >= 0.6 is 0 Å². The van der Waals surface area contributed by atoms with Crippen molar-refractivity contribution in [1.82, 2.24) is 10.2 Å². The van der Waals surface area contributed by atoms with E-state index in [1.165, 1.54) is 11.1 Å². The number of benzene rings is 2. The normalized spacial score (nSPS) is 17.9. The van der Waals surface area contributed by atoms with Crippen LogP contribution in [0.15, 0.2) is 48.5 Å². The molecule has 0 bridgehead atoms. The highest BCUT2D eigenvalue weighted by Crippen LogP contribution is 2.44. The number of hydrogen-bond donors (Lipinski definition) is 2. The smallest absolute Gasteiger partial charge is 0.407 e. The highest BCUT2D eigenvalue weighted by molar-refractivity contribution is 5.86. The fourth-order valence-corrected chi connectivity index (χ4v) is 5.38. The number of carboxylic acid groups (broad SMARTS) is 1. The van der Waals surface area contributed by atoms with Gasteiger partial charge in [0.2, 0.25) is 5.91 Å². The van der Waals surface area contributed by atoms with Gasteiger partial charge < -0.3 is 20.1 Å². The Morgan fingerprint density at radius 3 is 2.37 bits per heavy atom. The second-order valence-electron chi connectivity index (χ2n) is 9.54. The van der Waals surface area contributed by atoms with Crippen molar-refractivity contribution < 1.29 is 24.2 Å². The predicted molar refractivity (Wildman–Crippen MR) is 133 cm³/mol. The molecule has 1 aliphatic heterocycles. The number of amides is 2. The van der Waals surface area contributed by atoms with Crippen molar-refractivity contribution in [2.75, 3.05) is 19.7 Å². The Labute approximate surface area is 206 Å². The largest absolute Gasteiger partial charge is 0.481 e. The Hall–Kier alpha value is -3.35. The first-order chi connectivity index (χ1) is 17.0. The molecule has 2 amide bonds. The third-order valence-corrected chi connectivity index (χ3v) is 7.11. The van der Waals surface area contributed by atoms with Crippen LogP contribution in [0.4, 0.5) is 4.79 Å². The van der Waals surface area contributed by atoms with Gasteiger partial charge in [-0.25, -0.2) is 4.79 Å². The Kier molecular flexibility index (Phi) is 8.06. The zero-order chi connectivity index (χ0) is 24.8. The number of carbonyl (C=O) groups excluding carboxylic acids is 2. The predicted octanol–water partition coefficient (Wildman–Crippen LogP) is 4.80. The lowest BCUT2D eigenvalue weighted by molar-refractivity contribution is -0.137. The molecule has 2 aliphatic rings. The molecule has 0 saturated carbocycles. The van der Waals surface area contributed by atoms with E-state index in [1.807, 2.05) is 31.2 Å². The van der Waals surface area contributed by atoms with E-state index >= 15 is 0 Å². The van der Waals surface area contributed by atoms with Gasteiger partial charge in [-0.3, -0.25) is 9.59 Å². The average Bonchev–Trinajstić information content (AvgIpc) is 3.19. The summed E-state index contributed by atoms with van der Waals surface area (Å²) in [6, 6.07) is 15.7. The van der Waals surface area contributed by atoms with Gasteiger partial charge in [-0.15, -0.1) is 0 Å². The van der Waals surface area contributed by atoms with E-state index in [9.17, 15) is 14.4 Å². The highest BCUT2D eigenvalue weighted by atomic mass is 16.5. The molecule has 1 heterocycles. The number of carbonyl (C=O) groups is 3. The molecule has 1 unspecified atom stereocenters. The van der Waals surface area contributed by atoms with Crippen molar-refractivity contribution in [3.63, 3.8) is 0 Å². The molecule has 2 aromatic rings. The minimum atomic E-state index is -0.811. The monoisotopic (exact) mass is 478 g/mol. The number of piperidine rings is 1. The zero-order valence-corrected chi connectivity index (χ0v) is 20.2. The van der Waals surface area contributed by atoms with Crippen LogP contribution in [0.5, 0.6) is 0 Å². The summed E-state index contributed by atoms with van der Waals surface area (Å²) >= 11 is 0.